The zero-order chi connectivity index (χ0) is 5.98. The van der Waals surface area contributed by atoms with Crippen molar-refractivity contribution in [1.82, 2.24) is 0 Å². The Morgan fingerprint density at radius 1 is 1.75 bits per heavy atom. The second-order valence-electron chi connectivity index (χ2n) is 1.93. The maximum Gasteiger partial charge on any atom is 0.0678 e. The Morgan fingerprint density at radius 3 is 2.75 bits per heavy atom. The monoisotopic (exact) mass is 115 g/mol. The molecular weight excluding hydrogens is 106 g/mol. The molecule has 8 heavy (non-hydrogen) atoms. The second-order valence-corrected chi connectivity index (χ2v) is 1.93. The summed E-state index contributed by atoms with van der Waals surface area (Å²) >= 11 is 0. The van der Waals surface area contributed by atoms with Crippen LogP contribution in [0.5, 0.6) is 0 Å². The molecule has 0 radical (unpaired) electrons. The van der Waals surface area contributed by atoms with Crippen molar-refractivity contribution >= 4 is 5.71 Å². The average molecular weight is 115 g/mol. The van der Waals surface area contributed by atoms with Crippen LogP contribution in [0.25, 0.3) is 0 Å². The molecule has 1 N–H and O–H groups in total. The van der Waals surface area contributed by atoms with Crippen LogP contribution < -0.4 is 0 Å². The largest absolute Gasteiger partial charge is 0.411 e. The van der Waals surface area contributed by atoms with Gasteiger partial charge in [0.2, 0.25) is 0 Å². The Bertz CT molecular complexity index is 103. The summed E-state index contributed by atoms with van der Waals surface area (Å²) < 4.78 is 4.93. The van der Waals surface area contributed by atoms with Gasteiger partial charge in [-0.25, -0.2) is 0 Å². The van der Waals surface area contributed by atoms with Gasteiger partial charge in [-0.2, -0.15) is 0 Å². The maximum atomic E-state index is 8.13. The molecule has 1 saturated carbocycles. The van der Waals surface area contributed by atoms with E-state index in [0.29, 0.717) is 6.10 Å². The van der Waals surface area contributed by atoms with Crippen LogP contribution in [0.2, 0.25) is 0 Å². The smallest absolute Gasteiger partial charge is 0.0678 e. The molecule has 0 atom stereocenters. The van der Waals surface area contributed by atoms with Crippen LogP contribution in [-0.2, 0) is 4.74 Å². The van der Waals surface area contributed by atoms with Gasteiger partial charge in [0, 0.05) is 20.0 Å². The molecule has 0 unspecified atom stereocenters. The Hall–Kier alpha value is -0.570. The molecule has 1 aliphatic carbocycles. The third-order valence-electron chi connectivity index (χ3n) is 1.40. The summed E-state index contributed by atoms with van der Waals surface area (Å²) in [6.07, 6.45) is 1.90. The third-order valence-corrected chi connectivity index (χ3v) is 1.40. The van der Waals surface area contributed by atoms with E-state index >= 15 is 0 Å². The third kappa shape index (κ3) is 0.816. The maximum absolute atomic E-state index is 8.13. The van der Waals surface area contributed by atoms with Crippen LogP contribution >= 0.6 is 0 Å². The molecule has 1 aliphatic rings. The molecule has 0 aliphatic heterocycles. The van der Waals surface area contributed by atoms with Gasteiger partial charge in [-0.3, -0.25) is 0 Å². The summed E-state index contributed by atoms with van der Waals surface area (Å²) in [5.41, 5.74) is 0.844. The van der Waals surface area contributed by atoms with Crippen molar-refractivity contribution in [3.05, 3.63) is 0 Å². The minimum atomic E-state index is 0.306. The van der Waals surface area contributed by atoms with E-state index in [9.17, 15) is 0 Å². The van der Waals surface area contributed by atoms with Crippen molar-refractivity contribution in [1.29, 1.82) is 0 Å². The van der Waals surface area contributed by atoms with Crippen LogP contribution in [0.4, 0.5) is 0 Å². The fourth-order valence-electron chi connectivity index (χ4n) is 0.714. The minimum Gasteiger partial charge on any atom is -0.411 e. The van der Waals surface area contributed by atoms with Crippen molar-refractivity contribution in [2.24, 2.45) is 5.16 Å². The van der Waals surface area contributed by atoms with Crippen molar-refractivity contribution in [3.63, 3.8) is 0 Å². The normalized spacial score (nSPS) is 27.1. The van der Waals surface area contributed by atoms with Gasteiger partial charge < -0.3 is 9.94 Å². The molecule has 3 heteroatoms. The van der Waals surface area contributed by atoms with Gasteiger partial charge in [-0.1, -0.05) is 5.16 Å². The predicted octanol–water partition coefficient (Wildman–Crippen LogP) is 0.625. The van der Waals surface area contributed by atoms with Crippen LogP contribution in [0.3, 0.4) is 0 Å². The van der Waals surface area contributed by atoms with Crippen LogP contribution in [0.1, 0.15) is 12.8 Å². The lowest BCUT2D eigenvalue weighted by molar-refractivity contribution is 0.0921. The van der Waals surface area contributed by atoms with Crippen LogP contribution in [0, 0.1) is 0 Å². The van der Waals surface area contributed by atoms with Crippen molar-refractivity contribution in [2.45, 2.75) is 18.9 Å². The molecule has 0 saturated heterocycles. The molecule has 3 nitrogen and oxygen atoms in total. The van der Waals surface area contributed by atoms with Crippen LogP contribution in [-0.4, -0.2) is 24.1 Å². The summed E-state index contributed by atoms with van der Waals surface area (Å²) in [6.45, 7) is 0. The molecule has 0 amide bonds. The van der Waals surface area contributed by atoms with Gasteiger partial charge >= 0.3 is 0 Å². The SMILES string of the molecule is COC1CC(=NO)C1. The number of hydrogen-bond donors (Lipinski definition) is 1. The van der Waals surface area contributed by atoms with E-state index in [2.05, 4.69) is 5.16 Å². The number of hydrogen-bond acceptors (Lipinski definition) is 3. The summed E-state index contributed by atoms with van der Waals surface area (Å²) in [7, 11) is 1.67. The van der Waals surface area contributed by atoms with Crippen molar-refractivity contribution < 1.29 is 9.94 Å². The molecule has 1 rings (SSSR count). The fourth-order valence-corrected chi connectivity index (χ4v) is 0.714. The van der Waals surface area contributed by atoms with Crippen molar-refractivity contribution in [3.8, 4) is 0 Å². The first-order chi connectivity index (χ1) is 3.86. The molecule has 1 fully saturated rings. The number of nitrogens with zero attached hydrogens (tertiary/aromatic N) is 1. The zero-order valence-electron chi connectivity index (χ0n) is 4.79. The van der Waals surface area contributed by atoms with Gasteiger partial charge in [-0.15, -0.1) is 0 Å². The quantitative estimate of drug-likeness (QED) is 0.402. The number of ether oxygens (including phenoxy) is 1. The Labute approximate surface area is 48.0 Å². The van der Waals surface area contributed by atoms with E-state index < -0.39 is 0 Å². The molecule has 0 heterocycles. The summed E-state index contributed by atoms with van der Waals surface area (Å²) in [5.74, 6) is 0. The number of oxime groups is 1. The highest BCUT2D eigenvalue weighted by Crippen LogP contribution is 2.18. The topological polar surface area (TPSA) is 41.8 Å². The highest BCUT2D eigenvalue weighted by Gasteiger charge is 2.24. The molecule has 46 valence electrons. The number of methoxy groups -OCH3 is 1. The van der Waals surface area contributed by atoms with Gasteiger partial charge in [-0.05, 0) is 0 Å². The lowest BCUT2D eigenvalue weighted by atomic mass is 9.93. The zero-order valence-corrected chi connectivity index (χ0v) is 4.79. The fraction of sp³-hybridized carbons (Fsp3) is 0.800. The molecule has 0 aromatic rings. The van der Waals surface area contributed by atoms with E-state index in [1.165, 1.54) is 0 Å². The first-order valence-corrected chi connectivity index (χ1v) is 2.59. The predicted molar refractivity (Wildman–Crippen MR) is 29.3 cm³/mol. The van der Waals surface area contributed by atoms with Gasteiger partial charge in [0.05, 0.1) is 11.8 Å². The van der Waals surface area contributed by atoms with E-state index in [1.807, 2.05) is 0 Å². The summed E-state index contributed by atoms with van der Waals surface area (Å²) in [6, 6.07) is 0. The highest BCUT2D eigenvalue weighted by atomic mass is 16.5. The molecule has 0 aromatic heterocycles. The Balaban J connectivity index is 2.21. The first-order valence-electron chi connectivity index (χ1n) is 2.59. The van der Waals surface area contributed by atoms with Crippen LogP contribution in [0.15, 0.2) is 5.16 Å². The Morgan fingerprint density at radius 2 is 2.38 bits per heavy atom. The van der Waals surface area contributed by atoms with E-state index in [0.717, 1.165) is 18.6 Å². The highest BCUT2D eigenvalue weighted by molar-refractivity contribution is 5.90. The lowest BCUT2D eigenvalue weighted by Crippen LogP contribution is -2.30. The molecule has 0 aromatic carbocycles. The number of rotatable bonds is 1. The summed E-state index contributed by atoms with van der Waals surface area (Å²) in [5, 5.41) is 11.2. The minimum absolute atomic E-state index is 0.306. The van der Waals surface area contributed by atoms with Gasteiger partial charge in [0.15, 0.2) is 0 Å². The summed E-state index contributed by atoms with van der Waals surface area (Å²) in [4.78, 5) is 0. The lowest BCUT2D eigenvalue weighted by Gasteiger charge is -2.24. The van der Waals surface area contributed by atoms with E-state index in [4.69, 9.17) is 9.94 Å². The standard InChI is InChI=1S/C5H9NO2/c1-8-5-2-4(3-5)6-7/h5,7H,2-3H2,1H3. The van der Waals surface area contributed by atoms with Gasteiger partial charge in [0.25, 0.3) is 0 Å². The Kier molecular flexibility index (Phi) is 1.48. The van der Waals surface area contributed by atoms with E-state index in [1.54, 1.807) is 7.11 Å². The van der Waals surface area contributed by atoms with Gasteiger partial charge in [0.1, 0.15) is 0 Å². The first kappa shape index (κ1) is 5.56. The molecular formula is C5H9NO2. The van der Waals surface area contributed by atoms with Crippen molar-refractivity contribution in [2.75, 3.05) is 7.11 Å². The molecule has 0 bridgehead atoms. The second kappa shape index (κ2) is 2.13. The molecule has 0 spiro atoms. The average Bonchev–Trinajstić information content (AvgIpc) is 1.65. The van der Waals surface area contributed by atoms with E-state index in [-0.39, 0.29) is 0 Å².